The van der Waals surface area contributed by atoms with Crippen molar-refractivity contribution in [3.05, 3.63) is 30.3 Å². The highest BCUT2D eigenvalue weighted by atomic mass is 16.5. The van der Waals surface area contributed by atoms with Gasteiger partial charge in [0, 0.05) is 38.6 Å². The van der Waals surface area contributed by atoms with E-state index in [1.165, 1.54) is 5.69 Å². The van der Waals surface area contributed by atoms with E-state index in [0.717, 1.165) is 39.3 Å². The number of hydrogen-bond donors (Lipinski definition) is 0. The first kappa shape index (κ1) is 21.9. The maximum Gasteiger partial charge on any atom is 0.0701 e. The molecule has 0 bridgehead atoms. The van der Waals surface area contributed by atoms with Crippen LogP contribution in [-0.2, 0) is 18.9 Å². The molecule has 0 saturated carbocycles. The molecule has 1 aromatic carbocycles. The van der Waals surface area contributed by atoms with Crippen molar-refractivity contribution in [3.63, 3.8) is 0 Å². The molecule has 1 atom stereocenters. The normalized spacial score (nSPS) is 12.3. The first-order chi connectivity index (χ1) is 12.3. The molecule has 0 saturated heterocycles. The molecule has 144 valence electrons. The Morgan fingerprint density at radius 3 is 2.16 bits per heavy atom. The van der Waals surface area contributed by atoms with Gasteiger partial charge in [-0.25, -0.2) is 0 Å². The largest absolute Gasteiger partial charge is 0.382 e. The van der Waals surface area contributed by atoms with Gasteiger partial charge in [0.2, 0.25) is 0 Å². The average molecular weight is 354 g/mol. The van der Waals surface area contributed by atoms with Crippen LogP contribution in [-0.4, -0.2) is 65.4 Å². The molecule has 1 rings (SSSR count). The van der Waals surface area contributed by atoms with Gasteiger partial charge in [-0.3, -0.25) is 0 Å². The smallest absolute Gasteiger partial charge is 0.0701 e. The molecule has 0 heterocycles. The molecule has 0 N–H and O–H groups in total. The summed E-state index contributed by atoms with van der Waals surface area (Å²) in [4.78, 5) is 2.30. The standard InChI is InChI=1S/C20H35NO4/c1-4-22-14-11-19(3)25-16-13-21(20-9-7-6-8-10-20)12-15-24-18-17-23-5-2/h6-10,19H,4-5,11-18H2,1-3H3. The van der Waals surface area contributed by atoms with E-state index in [4.69, 9.17) is 18.9 Å². The van der Waals surface area contributed by atoms with Gasteiger partial charge in [-0.05, 0) is 39.3 Å². The van der Waals surface area contributed by atoms with Crippen LogP contribution in [0.2, 0.25) is 0 Å². The Kier molecular flexibility index (Phi) is 13.3. The van der Waals surface area contributed by atoms with Crippen molar-refractivity contribution in [3.8, 4) is 0 Å². The lowest BCUT2D eigenvalue weighted by atomic mass is 10.3. The van der Waals surface area contributed by atoms with E-state index in [9.17, 15) is 0 Å². The summed E-state index contributed by atoms with van der Waals surface area (Å²) < 4.78 is 22.2. The van der Waals surface area contributed by atoms with Gasteiger partial charge in [0.1, 0.15) is 0 Å². The topological polar surface area (TPSA) is 40.2 Å². The van der Waals surface area contributed by atoms with Gasteiger partial charge < -0.3 is 23.8 Å². The lowest BCUT2D eigenvalue weighted by molar-refractivity contribution is 0.0358. The highest BCUT2D eigenvalue weighted by Crippen LogP contribution is 2.13. The Labute approximate surface area is 153 Å². The highest BCUT2D eigenvalue weighted by Gasteiger charge is 2.08. The second-order valence-corrected chi connectivity index (χ2v) is 5.80. The molecule has 0 amide bonds. The summed E-state index contributed by atoms with van der Waals surface area (Å²) >= 11 is 0. The summed E-state index contributed by atoms with van der Waals surface area (Å²) in [7, 11) is 0. The van der Waals surface area contributed by atoms with E-state index in [1.807, 2.05) is 19.9 Å². The number of rotatable bonds is 16. The van der Waals surface area contributed by atoms with E-state index < -0.39 is 0 Å². The molecule has 0 aliphatic carbocycles. The van der Waals surface area contributed by atoms with Crippen LogP contribution >= 0.6 is 0 Å². The fraction of sp³-hybridized carbons (Fsp3) is 0.700. The number of anilines is 1. The van der Waals surface area contributed by atoms with Crippen molar-refractivity contribution in [1.82, 2.24) is 0 Å². The molecule has 0 radical (unpaired) electrons. The Bertz CT molecular complexity index is 402. The maximum atomic E-state index is 5.92. The summed E-state index contributed by atoms with van der Waals surface area (Å²) in [6.45, 7) is 12.7. The number of nitrogens with zero attached hydrogens (tertiary/aromatic N) is 1. The van der Waals surface area contributed by atoms with Gasteiger partial charge in [0.05, 0.1) is 32.5 Å². The van der Waals surface area contributed by atoms with Gasteiger partial charge in [-0.15, -0.1) is 0 Å². The van der Waals surface area contributed by atoms with E-state index >= 15 is 0 Å². The number of ether oxygens (including phenoxy) is 4. The van der Waals surface area contributed by atoms with Gasteiger partial charge in [-0.2, -0.15) is 0 Å². The SMILES string of the molecule is CCOCCOCCN(CCOC(C)CCOCC)c1ccccc1. The Hall–Kier alpha value is -1.14. The Morgan fingerprint density at radius 1 is 0.800 bits per heavy atom. The first-order valence-corrected chi connectivity index (χ1v) is 9.42. The van der Waals surface area contributed by atoms with Crippen LogP contribution in [0.25, 0.3) is 0 Å². The molecule has 0 spiro atoms. The summed E-state index contributed by atoms with van der Waals surface area (Å²) in [6, 6.07) is 10.4. The number of benzene rings is 1. The zero-order chi connectivity index (χ0) is 18.2. The van der Waals surface area contributed by atoms with Crippen LogP contribution < -0.4 is 4.90 Å². The lowest BCUT2D eigenvalue weighted by Gasteiger charge is -2.25. The van der Waals surface area contributed by atoms with Crippen LogP contribution in [0.4, 0.5) is 5.69 Å². The molecule has 1 aromatic rings. The molecule has 25 heavy (non-hydrogen) atoms. The number of para-hydroxylation sites is 1. The minimum Gasteiger partial charge on any atom is -0.382 e. The fourth-order valence-electron chi connectivity index (χ4n) is 2.39. The molecular formula is C20H35NO4. The second kappa shape index (κ2) is 15.1. The molecule has 0 fully saturated rings. The van der Waals surface area contributed by atoms with E-state index in [2.05, 4.69) is 36.1 Å². The summed E-state index contributed by atoms with van der Waals surface area (Å²) in [5, 5.41) is 0. The van der Waals surface area contributed by atoms with Crippen LogP contribution in [0.5, 0.6) is 0 Å². The third-order valence-corrected chi connectivity index (χ3v) is 3.84. The Morgan fingerprint density at radius 2 is 1.44 bits per heavy atom. The summed E-state index contributed by atoms with van der Waals surface area (Å²) in [5.74, 6) is 0. The molecule has 1 unspecified atom stereocenters. The minimum absolute atomic E-state index is 0.214. The number of hydrogen-bond acceptors (Lipinski definition) is 5. The Balaban J connectivity index is 2.31. The quantitative estimate of drug-likeness (QED) is 0.426. The monoisotopic (exact) mass is 353 g/mol. The molecule has 5 heteroatoms. The van der Waals surface area contributed by atoms with E-state index in [0.29, 0.717) is 26.4 Å². The predicted octanol–water partition coefficient (Wildman–Crippen LogP) is 3.38. The zero-order valence-corrected chi connectivity index (χ0v) is 16.1. The average Bonchev–Trinajstić information content (AvgIpc) is 2.64. The molecular weight excluding hydrogens is 318 g/mol. The minimum atomic E-state index is 0.214. The second-order valence-electron chi connectivity index (χ2n) is 5.80. The maximum absolute atomic E-state index is 5.92. The summed E-state index contributed by atoms with van der Waals surface area (Å²) in [5.41, 5.74) is 1.20. The third-order valence-electron chi connectivity index (χ3n) is 3.84. The van der Waals surface area contributed by atoms with Crippen molar-refractivity contribution in [2.24, 2.45) is 0 Å². The fourth-order valence-corrected chi connectivity index (χ4v) is 2.39. The van der Waals surface area contributed by atoms with Gasteiger partial charge in [-0.1, -0.05) is 18.2 Å². The van der Waals surface area contributed by atoms with Crippen LogP contribution in [0.3, 0.4) is 0 Å². The van der Waals surface area contributed by atoms with Crippen LogP contribution in [0, 0.1) is 0 Å². The van der Waals surface area contributed by atoms with Crippen molar-refractivity contribution in [2.75, 3.05) is 64.2 Å². The molecule has 5 nitrogen and oxygen atoms in total. The zero-order valence-electron chi connectivity index (χ0n) is 16.1. The highest BCUT2D eigenvalue weighted by molar-refractivity contribution is 5.45. The first-order valence-electron chi connectivity index (χ1n) is 9.42. The van der Waals surface area contributed by atoms with Crippen molar-refractivity contribution < 1.29 is 18.9 Å². The van der Waals surface area contributed by atoms with Crippen molar-refractivity contribution in [1.29, 1.82) is 0 Å². The predicted molar refractivity (Wildman–Crippen MR) is 102 cm³/mol. The van der Waals surface area contributed by atoms with Crippen LogP contribution in [0.15, 0.2) is 30.3 Å². The molecule has 0 aliphatic rings. The molecule has 0 aromatic heterocycles. The van der Waals surface area contributed by atoms with Gasteiger partial charge >= 0.3 is 0 Å². The van der Waals surface area contributed by atoms with Gasteiger partial charge in [0.25, 0.3) is 0 Å². The third kappa shape index (κ3) is 11.2. The van der Waals surface area contributed by atoms with E-state index in [1.54, 1.807) is 0 Å². The van der Waals surface area contributed by atoms with E-state index in [-0.39, 0.29) is 6.10 Å². The molecule has 0 aliphatic heterocycles. The van der Waals surface area contributed by atoms with Crippen molar-refractivity contribution in [2.45, 2.75) is 33.3 Å². The lowest BCUT2D eigenvalue weighted by Crippen LogP contribution is -2.32. The summed E-state index contributed by atoms with van der Waals surface area (Å²) in [6.07, 6.45) is 1.14. The van der Waals surface area contributed by atoms with Crippen LogP contribution in [0.1, 0.15) is 27.2 Å². The van der Waals surface area contributed by atoms with Crippen molar-refractivity contribution >= 4 is 5.69 Å². The van der Waals surface area contributed by atoms with Gasteiger partial charge in [0.15, 0.2) is 0 Å².